The Kier molecular flexibility index (Phi) is 10.2. The minimum Gasteiger partial charge on any atom is -0.466 e. The third-order valence-corrected chi connectivity index (χ3v) is 10.1. The Morgan fingerprint density at radius 1 is 1.00 bits per heavy atom. The maximum atomic E-state index is 13.2. The second kappa shape index (κ2) is 13.7. The van der Waals surface area contributed by atoms with Gasteiger partial charge in [0.15, 0.2) is 0 Å². The SMILES string of the molecule is CCOC(=O)CC(=O)N1CCC(C(=O)CN2CCC([C@H]3c4ncc(Br)cc4CCc4cc(Cl)cc(Br)c43)CC2)CC1. The first-order chi connectivity index (χ1) is 19.7. The first-order valence-corrected chi connectivity index (χ1v) is 16.5. The van der Waals surface area contributed by atoms with E-state index in [1.807, 2.05) is 12.3 Å². The molecule has 0 saturated carbocycles. The smallest absolute Gasteiger partial charge is 0.315 e. The van der Waals surface area contributed by atoms with Gasteiger partial charge in [-0.15, -0.1) is 0 Å². The predicted molar refractivity (Wildman–Crippen MR) is 165 cm³/mol. The Morgan fingerprint density at radius 2 is 1.71 bits per heavy atom. The van der Waals surface area contributed by atoms with Crippen molar-refractivity contribution in [1.82, 2.24) is 14.8 Å². The van der Waals surface area contributed by atoms with Crippen molar-refractivity contribution in [2.45, 2.75) is 57.8 Å². The highest BCUT2D eigenvalue weighted by molar-refractivity contribution is 9.10. The predicted octanol–water partition coefficient (Wildman–Crippen LogP) is 5.96. The number of aromatic nitrogens is 1. The molecule has 0 radical (unpaired) electrons. The molecule has 3 aliphatic rings. The van der Waals surface area contributed by atoms with E-state index in [0.717, 1.165) is 58.4 Å². The van der Waals surface area contributed by atoms with Gasteiger partial charge in [0.05, 0.1) is 18.8 Å². The number of likely N-dealkylation sites (tertiary alicyclic amines) is 2. The van der Waals surface area contributed by atoms with Gasteiger partial charge in [0, 0.05) is 45.1 Å². The number of ketones is 1. The standard InChI is InChI=1S/C31H36Br2ClN3O4/c1-2-41-28(40)16-27(39)37-11-7-19(8-12-37)26(38)18-36-9-5-20(6-10-36)30-29-21(14-24(34)15-25(29)33)3-4-22-13-23(32)17-35-31(22)30/h13-15,17,19-20,30H,2-12,16,18H2,1H3/t30-/m1/s1. The van der Waals surface area contributed by atoms with Crippen molar-refractivity contribution in [3.8, 4) is 0 Å². The molecular formula is C31H36Br2ClN3O4. The van der Waals surface area contributed by atoms with Gasteiger partial charge in [-0.2, -0.15) is 0 Å². The van der Waals surface area contributed by atoms with Crippen LogP contribution in [-0.4, -0.2) is 71.8 Å². The van der Waals surface area contributed by atoms with Gasteiger partial charge in [0.25, 0.3) is 0 Å². The number of rotatable bonds is 7. The topological polar surface area (TPSA) is 79.8 Å². The van der Waals surface area contributed by atoms with Crippen LogP contribution in [0.4, 0.5) is 0 Å². The number of fused-ring (bicyclic) bond motifs is 2. The number of esters is 1. The number of hydrogen-bond donors (Lipinski definition) is 0. The largest absolute Gasteiger partial charge is 0.466 e. The summed E-state index contributed by atoms with van der Waals surface area (Å²) in [7, 11) is 0. The summed E-state index contributed by atoms with van der Waals surface area (Å²) in [4.78, 5) is 46.2. The number of aryl methyl sites for hydroxylation is 2. The van der Waals surface area contributed by atoms with E-state index < -0.39 is 5.97 Å². The number of amides is 1. The minimum absolute atomic E-state index is 0.0386. The molecule has 0 unspecified atom stereocenters. The lowest BCUT2D eigenvalue weighted by molar-refractivity contribution is -0.149. The fourth-order valence-corrected chi connectivity index (χ4v) is 8.22. The molecule has 1 atom stereocenters. The lowest BCUT2D eigenvalue weighted by Gasteiger charge is -2.38. The van der Waals surface area contributed by atoms with Gasteiger partial charge in [0.1, 0.15) is 12.2 Å². The quantitative estimate of drug-likeness (QED) is 0.261. The third kappa shape index (κ3) is 7.23. The molecule has 2 saturated heterocycles. The highest BCUT2D eigenvalue weighted by Gasteiger charge is 2.36. The second-order valence-electron chi connectivity index (χ2n) is 11.4. The summed E-state index contributed by atoms with van der Waals surface area (Å²) in [6.07, 6.45) is 6.82. The number of carbonyl (C=O) groups excluding carboxylic acids is 3. The number of pyridine rings is 1. The maximum absolute atomic E-state index is 13.2. The number of halogens is 3. The van der Waals surface area contributed by atoms with Crippen LogP contribution in [0.2, 0.25) is 5.02 Å². The van der Waals surface area contributed by atoms with Crippen LogP contribution >= 0.6 is 43.5 Å². The number of hydrogen-bond acceptors (Lipinski definition) is 6. The molecule has 1 aromatic heterocycles. The summed E-state index contributed by atoms with van der Waals surface area (Å²) < 4.78 is 6.94. The number of carbonyl (C=O) groups is 3. The highest BCUT2D eigenvalue weighted by Crippen LogP contribution is 2.46. The molecule has 5 rings (SSSR count). The molecule has 2 aromatic rings. The maximum Gasteiger partial charge on any atom is 0.315 e. The van der Waals surface area contributed by atoms with Crippen LogP contribution < -0.4 is 0 Å². The van der Waals surface area contributed by atoms with Gasteiger partial charge in [-0.3, -0.25) is 24.3 Å². The zero-order chi connectivity index (χ0) is 29.1. The average Bonchev–Trinajstić information content (AvgIpc) is 3.10. The molecule has 3 heterocycles. The van der Waals surface area contributed by atoms with E-state index >= 15 is 0 Å². The Morgan fingerprint density at radius 3 is 2.41 bits per heavy atom. The fourth-order valence-electron chi connectivity index (χ4n) is 6.72. The van der Waals surface area contributed by atoms with Gasteiger partial charge in [-0.25, -0.2) is 0 Å². The van der Waals surface area contributed by atoms with Crippen molar-refractivity contribution in [3.63, 3.8) is 0 Å². The van der Waals surface area contributed by atoms with E-state index in [-0.39, 0.29) is 36.6 Å². The summed E-state index contributed by atoms with van der Waals surface area (Å²) in [5, 5.41) is 0.747. The number of piperidine rings is 2. The Hall–Kier alpha value is -1.81. The van der Waals surface area contributed by atoms with Crippen LogP contribution in [0.5, 0.6) is 0 Å². The molecule has 0 N–H and O–H groups in total. The van der Waals surface area contributed by atoms with E-state index in [0.29, 0.717) is 38.4 Å². The van der Waals surface area contributed by atoms with Crippen molar-refractivity contribution < 1.29 is 19.1 Å². The van der Waals surface area contributed by atoms with Crippen LogP contribution in [0.3, 0.4) is 0 Å². The summed E-state index contributed by atoms with van der Waals surface area (Å²) in [6, 6.07) is 6.32. The van der Waals surface area contributed by atoms with Crippen LogP contribution in [-0.2, 0) is 32.0 Å². The van der Waals surface area contributed by atoms with Crippen LogP contribution in [0, 0.1) is 11.8 Å². The third-order valence-electron chi connectivity index (χ3n) is 8.80. The van der Waals surface area contributed by atoms with Crippen LogP contribution in [0.15, 0.2) is 33.3 Å². The average molecular weight is 710 g/mol. The molecule has 0 bridgehead atoms. The van der Waals surface area contributed by atoms with Crippen molar-refractivity contribution in [2.75, 3.05) is 39.3 Å². The van der Waals surface area contributed by atoms with Crippen LogP contribution in [0.1, 0.15) is 67.3 Å². The van der Waals surface area contributed by atoms with E-state index in [4.69, 9.17) is 21.3 Å². The first-order valence-electron chi connectivity index (χ1n) is 14.5. The van der Waals surface area contributed by atoms with Crippen molar-refractivity contribution in [2.24, 2.45) is 11.8 Å². The summed E-state index contributed by atoms with van der Waals surface area (Å²) >= 11 is 13.9. The fraction of sp³-hybridized carbons (Fsp3) is 0.548. The monoisotopic (exact) mass is 707 g/mol. The highest BCUT2D eigenvalue weighted by atomic mass is 79.9. The summed E-state index contributed by atoms with van der Waals surface area (Å²) in [6.45, 7) is 5.22. The molecule has 2 aliphatic heterocycles. The van der Waals surface area contributed by atoms with E-state index in [1.165, 1.54) is 16.7 Å². The number of ether oxygens (including phenoxy) is 1. The number of Topliss-reactive ketones (excluding diaryl/α,β-unsaturated/α-hetero) is 1. The Bertz CT molecular complexity index is 1310. The van der Waals surface area contributed by atoms with Gasteiger partial charge < -0.3 is 9.64 Å². The van der Waals surface area contributed by atoms with Crippen molar-refractivity contribution in [1.29, 1.82) is 0 Å². The second-order valence-corrected chi connectivity index (χ2v) is 13.6. The minimum atomic E-state index is -0.491. The molecule has 1 aromatic carbocycles. The molecule has 1 amide bonds. The molecular weight excluding hydrogens is 674 g/mol. The van der Waals surface area contributed by atoms with Gasteiger partial charge >= 0.3 is 5.97 Å². The molecule has 7 nitrogen and oxygen atoms in total. The van der Waals surface area contributed by atoms with Gasteiger partial charge in [0.2, 0.25) is 5.91 Å². The van der Waals surface area contributed by atoms with Crippen molar-refractivity contribution >= 4 is 61.1 Å². The first kappa shape index (κ1) is 30.6. The molecule has 2 fully saturated rings. The number of nitrogens with zero attached hydrogens (tertiary/aromatic N) is 3. The molecule has 0 spiro atoms. The van der Waals surface area contributed by atoms with Crippen molar-refractivity contribution in [3.05, 3.63) is 60.7 Å². The molecule has 220 valence electrons. The summed E-state index contributed by atoms with van der Waals surface area (Å²) in [5.41, 5.74) is 5.04. The van der Waals surface area contributed by atoms with Gasteiger partial charge in [-0.1, -0.05) is 27.5 Å². The molecule has 1 aliphatic carbocycles. The normalized spacial score (nSPS) is 20.2. The number of benzene rings is 1. The zero-order valence-electron chi connectivity index (χ0n) is 23.3. The van der Waals surface area contributed by atoms with Gasteiger partial charge in [-0.05, 0) is 115 Å². The van der Waals surface area contributed by atoms with Crippen LogP contribution in [0.25, 0.3) is 0 Å². The molecule has 41 heavy (non-hydrogen) atoms. The van der Waals surface area contributed by atoms with E-state index in [9.17, 15) is 14.4 Å². The zero-order valence-corrected chi connectivity index (χ0v) is 27.3. The van der Waals surface area contributed by atoms with E-state index in [2.05, 4.69) is 48.9 Å². The van der Waals surface area contributed by atoms with E-state index in [1.54, 1.807) is 11.8 Å². The Balaban J connectivity index is 1.20. The summed E-state index contributed by atoms with van der Waals surface area (Å²) in [5.74, 6) is 0.107. The Labute approximate surface area is 263 Å². The molecule has 10 heteroatoms. The lowest BCUT2D eigenvalue weighted by atomic mass is 9.76. The lowest BCUT2D eigenvalue weighted by Crippen LogP contribution is -2.44.